The second-order valence-electron chi connectivity index (χ2n) is 3.96. The lowest BCUT2D eigenvalue weighted by Crippen LogP contribution is -1.97. The number of carboxylic acids is 1. The number of benzene rings is 2. The van der Waals surface area contributed by atoms with Gasteiger partial charge in [-0.2, -0.15) is 0 Å². The molecule has 3 nitrogen and oxygen atoms in total. The molecule has 98 valence electrons. The highest BCUT2D eigenvalue weighted by Crippen LogP contribution is 2.32. The smallest absolute Gasteiger partial charge is 0.335 e. The van der Waals surface area contributed by atoms with Crippen LogP contribution in [0.3, 0.4) is 0 Å². The van der Waals surface area contributed by atoms with Gasteiger partial charge in [-0.25, -0.2) is 9.18 Å². The zero-order valence-corrected chi connectivity index (χ0v) is 11.6. The number of carboxylic acid groups (broad SMARTS) is 1. The maximum absolute atomic E-state index is 13.0. The molecule has 0 amide bonds. The van der Waals surface area contributed by atoms with E-state index in [1.54, 1.807) is 13.0 Å². The molecule has 0 radical (unpaired) electrons. The standard InChI is InChI=1S/C14H10BrFO3/c1-8-6-9(14(17)18)2-4-12(8)19-13-5-3-10(16)7-11(13)15/h2-7H,1H3,(H,17,18). The van der Waals surface area contributed by atoms with Crippen molar-refractivity contribution in [3.8, 4) is 11.5 Å². The van der Waals surface area contributed by atoms with Crippen LogP contribution in [0.4, 0.5) is 4.39 Å². The molecule has 2 rings (SSSR count). The Morgan fingerprint density at radius 3 is 2.47 bits per heavy atom. The molecule has 2 aromatic rings. The van der Waals surface area contributed by atoms with Gasteiger partial charge >= 0.3 is 5.97 Å². The van der Waals surface area contributed by atoms with E-state index in [1.807, 2.05) is 0 Å². The lowest BCUT2D eigenvalue weighted by atomic mass is 10.1. The minimum Gasteiger partial charge on any atom is -0.478 e. The Morgan fingerprint density at radius 1 is 1.21 bits per heavy atom. The molecule has 0 bridgehead atoms. The molecule has 0 atom stereocenters. The van der Waals surface area contributed by atoms with Crippen LogP contribution in [0.2, 0.25) is 0 Å². The normalized spacial score (nSPS) is 10.3. The van der Waals surface area contributed by atoms with E-state index in [0.29, 0.717) is 21.5 Å². The summed E-state index contributed by atoms with van der Waals surface area (Å²) in [6.45, 7) is 1.75. The Morgan fingerprint density at radius 2 is 1.89 bits per heavy atom. The van der Waals surface area contributed by atoms with Crippen molar-refractivity contribution in [2.24, 2.45) is 0 Å². The molecule has 0 saturated carbocycles. The SMILES string of the molecule is Cc1cc(C(=O)O)ccc1Oc1ccc(F)cc1Br. The number of hydrogen-bond donors (Lipinski definition) is 1. The van der Waals surface area contributed by atoms with Crippen molar-refractivity contribution < 1.29 is 19.0 Å². The van der Waals surface area contributed by atoms with Crippen molar-refractivity contribution in [2.75, 3.05) is 0 Å². The van der Waals surface area contributed by atoms with Gasteiger partial charge in [-0.05, 0) is 64.8 Å². The van der Waals surface area contributed by atoms with Crippen LogP contribution >= 0.6 is 15.9 Å². The quantitative estimate of drug-likeness (QED) is 0.910. The molecular weight excluding hydrogens is 315 g/mol. The fourth-order valence-corrected chi connectivity index (χ4v) is 2.01. The first-order valence-corrected chi connectivity index (χ1v) is 6.23. The summed E-state index contributed by atoms with van der Waals surface area (Å²) in [4.78, 5) is 10.8. The Labute approximate surface area is 117 Å². The predicted octanol–water partition coefficient (Wildman–Crippen LogP) is 4.39. The van der Waals surface area contributed by atoms with E-state index >= 15 is 0 Å². The lowest BCUT2D eigenvalue weighted by molar-refractivity contribution is 0.0697. The third kappa shape index (κ3) is 3.12. The summed E-state index contributed by atoms with van der Waals surface area (Å²) in [6.07, 6.45) is 0. The van der Waals surface area contributed by atoms with Gasteiger partial charge in [0.1, 0.15) is 17.3 Å². The number of aromatic carboxylic acids is 1. The molecule has 2 aromatic carbocycles. The highest BCUT2D eigenvalue weighted by Gasteiger charge is 2.09. The minimum atomic E-state index is -0.988. The second-order valence-corrected chi connectivity index (χ2v) is 4.82. The van der Waals surface area contributed by atoms with Gasteiger partial charge in [0.2, 0.25) is 0 Å². The molecule has 0 aliphatic rings. The summed E-state index contributed by atoms with van der Waals surface area (Å²) in [5.74, 6) is -0.361. The van der Waals surface area contributed by atoms with E-state index in [2.05, 4.69) is 15.9 Å². The van der Waals surface area contributed by atoms with Crippen molar-refractivity contribution in [3.05, 3.63) is 57.8 Å². The van der Waals surface area contributed by atoms with E-state index in [1.165, 1.54) is 30.3 Å². The average molecular weight is 325 g/mol. The van der Waals surface area contributed by atoms with E-state index in [-0.39, 0.29) is 11.4 Å². The maximum Gasteiger partial charge on any atom is 0.335 e. The minimum absolute atomic E-state index is 0.197. The molecule has 0 spiro atoms. The van der Waals surface area contributed by atoms with Crippen LogP contribution < -0.4 is 4.74 Å². The zero-order valence-electron chi connectivity index (χ0n) is 9.98. The van der Waals surface area contributed by atoms with Crippen molar-refractivity contribution in [1.29, 1.82) is 0 Å². The van der Waals surface area contributed by atoms with Gasteiger partial charge in [-0.3, -0.25) is 0 Å². The van der Waals surface area contributed by atoms with E-state index in [9.17, 15) is 9.18 Å². The summed E-state index contributed by atoms with van der Waals surface area (Å²) < 4.78 is 19.1. The Kier molecular flexibility index (Phi) is 3.85. The molecule has 0 saturated heterocycles. The number of aryl methyl sites for hydroxylation is 1. The average Bonchev–Trinajstić information content (AvgIpc) is 2.34. The third-order valence-corrected chi connectivity index (χ3v) is 3.16. The summed E-state index contributed by atoms with van der Waals surface area (Å²) in [5.41, 5.74) is 0.888. The Bertz CT molecular complexity index is 641. The summed E-state index contributed by atoms with van der Waals surface area (Å²) >= 11 is 3.21. The van der Waals surface area contributed by atoms with Gasteiger partial charge < -0.3 is 9.84 Å². The fourth-order valence-electron chi connectivity index (χ4n) is 1.57. The molecule has 0 aliphatic carbocycles. The van der Waals surface area contributed by atoms with E-state index < -0.39 is 5.97 Å². The highest BCUT2D eigenvalue weighted by atomic mass is 79.9. The fraction of sp³-hybridized carbons (Fsp3) is 0.0714. The molecule has 0 aliphatic heterocycles. The van der Waals surface area contributed by atoms with Crippen molar-refractivity contribution in [1.82, 2.24) is 0 Å². The highest BCUT2D eigenvalue weighted by molar-refractivity contribution is 9.10. The van der Waals surface area contributed by atoms with E-state index in [0.717, 1.165) is 0 Å². The first kappa shape index (κ1) is 13.5. The molecule has 0 heterocycles. The van der Waals surface area contributed by atoms with E-state index in [4.69, 9.17) is 9.84 Å². The number of halogens is 2. The van der Waals surface area contributed by atoms with Crippen LogP contribution in [0.5, 0.6) is 11.5 Å². The maximum atomic E-state index is 13.0. The molecule has 1 N–H and O–H groups in total. The van der Waals surface area contributed by atoms with Gasteiger partial charge in [0.05, 0.1) is 10.0 Å². The predicted molar refractivity (Wildman–Crippen MR) is 72.3 cm³/mol. The second kappa shape index (κ2) is 5.40. The molecule has 19 heavy (non-hydrogen) atoms. The Hall–Kier alpha value is -1.88. The summed E-state index contributed by atoms with van der Waals surface area (Å²) in [7, 11) is 0. The van der Waals surface area contributed by atoms with Crippen molar-refractivity contribution in [2.45, 2.75) is 6.92 Å². The topological polar surface area (TPSA) is 46.5 Å². The van der Waals surface area contributed by atoms with Gasteiger partial charge in [-0.15, -0.1) is 0 Å². The third-order valence-electron chi connectivity index (χ3n) is 2.54. The molecule has 5 heteroatoms. The molecule has 0 unspecified atom stereocenters. The van der Waals surface area contributed by atoms with Crippen LogP contribution in [0.25, 0.3) is 0 Å². The summed E-state index contributed by atoms with van der Waals surface area (Å²) in [5, 5.41) is 8.87. The molecular formula is C14H10BrFO3. The molecule has 0 aromatic heterocycles. The number of hydrogen-bond acceptors (Lipinski definition) is 2. The van der Waals surface area contributed by atoms with Crippen LogP contribution in [-0.4, -0.2) is 11.1 Å². The van der Waals surface area contributed by atoms with Gasteiger partial charge in [0.15, 0.2) is 0 Å². The monoisotopic (exact) mass is 324 g/mol. The molecule has 0 fully saturated rings. The Balaban J connectivity index is 2.31. The van der Waals surface area contributed by atoms with Crippen molar-refractivity contribution in [3.63, 3.8) is 0 Å². The van der Waals surface area contributed by atoms with Gasteiger partial charge in [0, 0.05) is 0 Å². The first-order chi connectivity index (χ1) is 8.97. The zero-order chi connectivity index (χ0) is 14.0. The number of rotatable bonds is 3. The van der Waals surface area contributed by atoms with Crippen LogP contribution in [0.1, 0.15) is 15.9 Å². The first-order valence-electron chi connectivity index (χ1n) is 5.44. The summed E-state index contributed by atoms with van der Waals surface area (Å²) in [6, 6.07) is 8.66. The van der Waals surface area contributed by atoms with Crippen LogP contribution in [0, 0.1) is 12.7 Å². The van der Waals surface area contributed by atoms with Crippen molar-refractivity contribution >= 4 is 21.9 Å². The lowest BCUT2D eigenvalue weighted by Gasteiger charge is -2.10. The van der Waals surface area contributed by atoms with Crippen LogP contribution in [-0.2, 0) is 0 Å². The number of ether oxygens (including phenoxy) is 1. The van der Waals surface area contributed by atoms with Gasteiger partial charge in [0.25, 0.3) is 0 Å². The largest absolute Gasteiger partial charge is 0.478 e. The van der Waals surface area contributed by atoms with Crippen LogP contribution in [0.15, 0.2) is 40.9 Å². The number of carbonyl (C=O) groups is 1. The van der Waals surface area contributed by atoms with Gasteiger partial charge in [-0.1, -0.05) is 0 Å².